The van der Waals surface area contributed by atoms with Crippen LogP contribution in [0.25, 0.3) is 111 Å². The molecule has 0 amide bonds. The van der Waals surface area contributed by atoms with E-state index in [1.54, 1.807) is 6.20 Å². The predicted molar refractivity (Wildman–Crippen MR) is 563 cm³/mol. The van der Waals surface area contributed by atoms with Crippen molar-refractivity contribution in [1.82, 2.24) is 24.9 Å². The van der Waals surface area contributed by atoms with Gasteiger partial charge in [0.2, 0.25) is 0 Å². The topological polar surface area (TPSA) is 226 Å². The minimum Gasteiger partial charge on any atom is -0.512 e. The maximum atomic E-state index is 10.0. The van der Waals surface area contributed by atoms with Crippen LogP contribution < -0.4 is 0 Å². The molecule has 2 unspecified atom stereocenters. The molecule has 737 valence electrons. The fraction of sp³-hybridized carbons (Fsp3) is 0.171. The summed E-state index contributed by atoms with van der Waals surface area (Å²) in [6, 6.07) is 113. The van der Waals surface area contributed by atoms with Gasteiger partial charge in [0.05, 0.1) is 51.1 Å². The summed E-state index contributed by atoms with van der Waals surface area (Å²) in [5, 5.41) is 38.1. The summed E-state index contributed by atoms with van der Waals surface area (Å²) in [6.07, 6.45) is 19.3. The number of pyridine rings is 5. The maximum Gasteiger partial charge on any atom is 0.155 e. The van der Waals surface area contributed by atoms with E-state index in [1.807, 2.05) is 115 Å². The number of allylic oxidation sites excluding steroid dienone is 11. The molecule has 5 radical (unpaired) electrons. The van der Waals surface area contributed by atoms with E-state index in [0.29, 0.717) is 5.92 Å². The van der Waals surface area contributed by atoms with Gasteiger partial charge in [-0.05, 0) is 152 Å². The molecule has 1 aliphatic heterocycles. The fourth-order valence-corrected chi connectivity index (χ4v) is 15.3. The van der Waals surface area contributed by atoms with E-state index < -0.39 is 0 Å². The van der Waals surface area contributed by atoms with Crippen LogP contribution in [0.5, 0.6) is 0 Å². The number of ketones is 4. The number of aromatic nitrogens is 5. The van der Waals surface area contributed by atoms with E-state index in [9.17, 15) is 19.2 Å². The Bertz CT molecular complexity index is 6960. The molecular formula is C123H116Ir5N6O8-6. The van der Waals surface area contributed by atoms with Crippen molar-refractivity contribution in [2.24, 2.45) is 10.9 Å². The molecule has 2 atom stereocenters. The van der Waals surface area contributed by atoms with Crippen LogP contribution in [-0.4, -0.2) is 80.2 Å². The van der Waals surface area contributed by atoms with Crippen LogP contribution in [0.1, 0.15) is 130 Å². The SMILES string of the molecule is CC(=O)C=C(C)O.CC(=O)C=C(C)O.CC(=O)C=C(C)O.CC(=O)C=C(C)O.CC1(C)c2ccccc2-c2c[c-]c(-c3ccc4ccccc4n3)cc21.Cc1[c-]c(-c2ccc3ccccc3n2)c(C)cc1.Cc1[c-]c(-c2ccc3ccccc3n2)cc(C)c1.Cc1[c-]c(C2=NC3C=CC=CC3C=C2)cc(C)c1.Cc1cc[c-]c(-c2ccc3ccccc3n2)c1C.[Ir].[Ir].[Ir].[Ir].[Ir].[c-]1ccccc1-c1ccccn1. The number of nitrogens with zero attached hydrogens (tertiary/aromatic N) is 6. The van der Waals surface area contributed by atoms with Gasteiger partial charge in [0.15, 0.2) is 23.1 Å². The first-order chi connectivity index (χ1) is 65.5. The molecule has 6 heterocycles. The number of hydrogen-bond acceptors (Lipinski definition) is 14. The quantitative estimate of drug-likeness (QED) is 0.0568. The van der Waals surface area contributed by atoms with Crippen LogP contribution in [0, 0.1) is 97.7 Å². The minimum absolute atomic E-state index is 0. The molecule has 19 rings (SSSR count). The Morgan fingerprint density at radius 1 is 0.345 bits per heavy atom. The Kier molecular flexibility index (Phi) is 49.9. The number of aliphatic imine (C=N–C) groups is 1. The summed E-state index contributed by atoms with van der Waals surface area (Å²) < 4.78 is 0. The molecule has 0 fully saturated rings. The standard InChI is InChI=1S/C24H18N.C17H14N.C17H16N.2C17H14N.C11H8N.4C5H8O2.5Ir/c1-24(2)20-9-5-4-8-18(20)19-13-11-17(15-21(19)24)23-14-12-16-7-3-6-10-22(16)25-23;1-12-6-5-8-15(13(12)2)17-11-10-14-7-3-4-9-16(14)18-17;2*1-12-9-13(2)11-15(10-12)17-8-7-14-5-3-4-6-16(14)18-17;1-12-7-8-13(2)15(11-12)17-10-9-14-5-3-4-6-16(14)18-17;1-2-6-10(7-3-1)11-8-4-5-9-12-11;4*1-4(6)3-5(2)7;;;;;/h3-10,12-15H,1-2H3;3-7,9-11H,1-2H3;3-10,14,16H,1-2H3;2*3-10H,1-2H3;1-6,8-9H;4*3,6H,1-2H3;;;;;/q6*-1;;;;;;;;;. The van der Waals surface area contributed by atoms with Gasteiger partial charge in [0, 0.05) is 137 Å². The number of benzene rings is 11. The number of dihydropyridines is 1. The third kappa shape index (κ3) is 36.9. The second-order valence-electron chi connectivity index (χ2n) is 34.1. The van der Waals surface area contributed by atoms with Crippen molar-refractivity contribution >= 4 is 72.5 Å². The van der Waals surface area contributed by atoms with Crippen LogP contribution in [-0.2, 0) is 125 Å². The third-order valence-corrected chi connectivity index (χ3v) is 21.6. The van der Waals surface area contributed by atoms with Crippen molar-refractivity contribution in [2.45, 2.75) is 136 Å². The van der Waals surface area contributed by atoms with E-state index in [2.05, 4.69) is 305 Å². The monoisotopic (exact) mass is 2770 g/mol. The molecule has 142 heavy (non-hydrogen) atoms. The van der Waals surface area contributed by atoms with Crippen molar-refractivity contribution in [1.29, 1.82) is 0 Å². The molecular weight excluding hydrogens is 2650 g/mol. The molecule has 3 aliphatic rings. The summed E-state index contributed by atoms with van der Waals surface area (Å²) in [7, 11) is 0. The van der Waals surface area contributed by atoms with E-state index >= 15 is 0 Å². The van der Waals surface area contributed by atoms with Crippen molar-refractivity contribution < 1.29 is 140 Å². The average Bonchev–Trinajstić information content (AvgIpc) is 1.58. The Hall–Kier alpha value is -12.8. The summed E-state index contributed by atoms with van der Waals surface area (Å²) in [5.74, 6) is 0.171. The van der Waals surface area contributed by atoms with E-state index in [4.69, 9.17) is 45.4 Å². The number of rotatable bonds is 10. The number of aliphatic hydroxyl groups excluding tert-OH is 4. The third-order valence-electron chi connectivity index (χ3n) is 21.6. The van der Waals surface area contributed by atoms with Crippen molar-refractivity contribution in [3.8, 4) is 67.4 Å². The molecule has 0 bridgehead atoms. The molecule has 19 heteroatoms. The van der Waals surface area contributed by atoms with Gasteiger partial charge in [-0.2, -0.15) is 0 Å². The molecule has 2 aliphatic carbocycles. The molecule has 0 spiro atoms. The number of para-hydroxylation sites is 4. The van der Waals surface area contributed by atoms with Gasteiger partial charge in [0.25, 0.3) is 0 Å². The van der Waals surface area contributed by atoms with Gasteiger partial charge < -0.3 is 30.4 Å². The van der Waals surface area contributed by atoms with Crippen LogP contribution in [0.15, 0.2) is 368 Å². The van der Waals surface area contributed by atoms with E-state index in [0.717, 1.165) is 101 Å². The number of fused-ring (bicyclic) bond motifs is 8. The summed E-state index contributed by atoms with van der Waals surface area (Å²) in [5.41, 5.74) is 31.7. The number of carbonyl (C=O) groups excluding carboxylic acids is 4. The molecule has 0 saturated carbocycles. The van der Waals surface area contributed by atoms with Crippen molar-refractivity contribution in [3.05, 3.63) is 461 Å². The number of aliphatic hydroxyl groups is 4. The van der Waals surface area contributed by atoms with Crippen LogP contribution in [0.4, 0.5) is 0 Å². The zero-order valence-electron chi connectivity index (χ0n) is 82.8. The Balaban J connectivity index is 0.000000285. The first-order valence-corrected chi connectivity index (χ1v) is 45.2. The van der Waals surface area contributed by atoms with Gasteiger partial charge in [0.1, 0.15) is 0 Å². The Morgan fingerprint density at radius 2 is 0.782 bits per heavy atom. The van der Waals surface area contributed by atoms with Gasteiger partial charge in [-0.15, -0.1) is 205 Å². The average molecular weight is 2770 g/mol. The second-order valence-corrected chi connectivity index (χ2v) is 34.1. The normalized spacial score (nSPS) is 12.8. The first kappa shape index (κ1) is 120. The van der Waals surface area contributed by atoms with Crippen LogP contribution >= 0.6 is 0 Å². The fourth-order valence-electron chi connectivity index (χ4n) is 15.3. The summed E-state index contributed by atoms with van der Waals surface area (Å²) >= 11 is 0. The molecule has 4 N–H and O–H groups in total. The zero-order valence-corrected chi connectivity index (χ0v) is 94.7. The van der Waals surface area contributed by atoms with Crippen molar-refractivity contribution in [2.75, 3.05) is 0 Å². The van der Waals surface area contributed by atoms with Gasteiger partial charge in [-0.1, -0.05) is 275 Å². The Labute approximate surface area is 904 Å². The minimum atomic E-state index is -0.125. The molecule has 11 aromatic carbocycles. The number of hydrogen-bond donors (Lipinski definition) is 4. The maximum absolute atomic E-state index is 10.0. The molecule has 16 aromatic rings. The van der Waals surface area contributed by atoms with Gasteiger partial charge >= 0.3 is 0 Å². The Morgan fingerprint density at radius 3 is 1.25 bits per heavy atom. The number of aryl methyl sites for hydroxylation is 7. The first-order valence-electron chi connectivity index (χ1n) is 45.2. The second kappa shape index (κ2) is 59.2. The largest absolute Gasteiger partial charge is 0.512 e. The van der Waals surface area contributed by atoms with Crippen molar-refractivity contribution in [3.63, 3.8) is 0 Å². The predicted octanol–water partition coefficient (Wildman–Crippen LogP) is 29.2. The number of carbonyl (C=O) groups is 4. The van der Waals surface area contributed by atoms with Gasteiger partial charge in [-0.3, -0.25) is 39.1 Å². The van der Waals surface area contributed by atoms with Gasteiger partial charge in [-0.25, -0.2) is 0 Å². The van der Waals surface area contributed by atoms with E-state index in [1.165, 1.54) is 157 Å². The molecule has 14 nitrogen and oxygen atoms in total. The van der Waals surface area contributed by atoms with Crippen LogP contribution in [0.3, 0.4) is 0 Å². The summed E-state index contributed by atoms with van der Waals surface area (Å²) in [6.45, 7) is 32.8. The van der Waals surface area contributed by atoms with E-state index in [-0.39, 0.29) is 158 Å². The smallest absolute Gasteiger partial charge is 0.155 e. The zero-order chi connectivity index (χ0) is 98.8. The molecule has 0 saturated heterocycles. The summed E-state index contributed by atoms with van der Waals surface area (Å²) in [4.78, 5) is 68.1. The molecule has 5 aromatic heterocycles. The van der Waals surface area contributed by atoms with Crippen LogP contribution in [0.2, 0.25) is 0 Å².